The maximum Gasteiger partial charge on any atom is 0.261 e. The Labute approximate surface area is 177 Å². The van der Waals surface area contributed by atoms with E-state index in [9.17, 15) is 13.2 Å². The van der Waals surface area contributed by atoms with E-state index < -0.39 is 10.0 Å². The van der Waals surface area contributed by atoms with Crippen LogP contribution in [0, 0.1) is 13.8 Å². The molecular weight excluding hydrogens is 400 g/mol. The van der Waals surface area contributed by atoms with Crippen molar-refractivity contribution in [3.05, 3.63) is 83.4 Å². The van der Waals surface area contributed by atoms with Crippen molar-refractivity contribution in [2.45, 2.75) is 25.7 Å². The van der Waals surface area contributed by atoms with Gasteiger partial charge in [-0.1, -0.05) is 12.1 Å². The summed E-state index contributed by atoms with van der Waals surface area (Å²) in [6.45, 7) is 6.19. The van der Waals surface area contributed by atoms with Crippen LogP contribution < -0.4 is 14.8 Å². The molecule has 3 aromatic rings. The zero-order valence-electron chi connectivity index (χ0n) is 17.1. The number of nitrogens with one attached hydrogen (secondary N) is 2. The van der Waals surface area contributed by atoms with Crippen molar-refractivity contribution in [2.75, 3.05) is 16.6 Å². The molecule has 3 rings (SSSR count). The van der Waals surface area contributed by atoms with Gasteiger partial charge in [-0.3, -0.25) is 9.52 Å². The minimum Gasteiger partial charge on any atom is -0.494 e. The Morgan fingerprint density at radius 2 is 1.60 bits per heavy atom. The Kier molecular flexibility index (Phi) is 6.42. The van der Waals surface area contributed by atoms with Gasteiger partial charge in [-0.15, -0.1) is 0 Å². The largest absolute Gasteiger partial charge is 0.494 e. The van der Waals surface area contributed by atoms with E-state index >= 15 is 0 Å². The van der Waals surface area contributed by atoms with E-state index in [1.165, 1.54) is 12.1 Å². The van der Waals surface area contributed by atoms with Crippen LogP contribution in [-0.4, -0.2) is 20.9 Å². The van der Waals surface area contributed by atoms with E-state index in [2.05, 4.69) is 10.0 Å². The fourth-order valence-corrected chi connectivity index (χ4v) is 3.96. The van der Waals surface area contributed by atoms with Gasteiger partial charge in [0.2, 0.25) is 0 Å². The van der Waals surface area contributed by atoms with Crippen LogP contribution >= 0.6 is 0 Å². The number of amides is 1. The highest BCUT2D eigenvalue weighted by Crippen LogP contribution is 2.22. The van der Waals surface area contributed by atoms with Crippen LogP contribution in [0.3, 0.4) is 0 Å². The molecule has 1 amide bonds. The van der Waals surface area contributed by atoms with Crippen molar-refractivity contribution in [1.29, 1.82) is 0 Å². The lowest BCUT2D eigenvalue weighted by atomic mass is 10.1. The standard InChI is InChI=1S/C23H24N2O4S/c1-4-29-20-11-7-18(8-12-20)23(26)24-19-9-13-21(14-10-19)30(27,28)25-22-15-16(2)5-6-17(22)3/h5-15,25H,4H2,1-3H3,(H,24,26). The lowest BCUT2D eigenvalue weighted by Gasteiger charge is -2.12. The Morgan fingerprint density at radius 3 is 2.23 bits per heavy atom. The molecule has 0 heterocycles. The molecule has 0 bridgehead atoms. The van der Waals surface area contributed by atoms with E-state index in [4.69, 9.17) is 4.74 Å². The zero-order chi connectivity index (χ0) is 21.7. The smallest absolute Gasteiger partial charge is 0.261 e. The van der Waals surface area contributed by atoms with Crippen LogP contribution in [0.15, 0.2) is 71.6 Å². The first-order chi connectivity index (χ1) is 14.3. The van der Waals surface area contributed by atoms with Crippen molar-refractivity contribution in [2.24, 2.45) is 0 Å². The SMILES string of the molecule is CCOc1ccc(C(=O)Nc2ccc(S(=O)(=O)Nc3cc(C)ccc3C)cc2)cc1. The average molecular weight is 425 g/mol. The van der Waals surface area contributed by atoms with Crippen molar-refractivity contribution in [3.63, 3.8) is 0 Å². The number of benzene rings is 3. The van der Waals surface area contributed by atoms with Crippen molar-refractivity contribution >= 4 is 27.3 Å². The predicted molar refractivity (Wildman–Crippen MR) is 119 cm³/mol. The van der Waals surface area contributed by atoms with Gasteiger partial charge in [0.15, 0.2) is 0 Å². The van der Waals surface area contributed by atoms with Crippen molar-refractivity contribution in [1.82, 2.24) is 0 Å². The molecule has 0 fully saturated rings. The second-order valence-corrected chi connectivity index (χ2v) is 8.54. The molecule has 3 aromatic carbocycles. The minimum atomic E-state index is -3.74. The monoisotopic (exact) mass is 424 g/mol. The van der Waals surface area contributed by atoms with Gasteiger partial charge in [0, 0.05) is 11.3 Å². The van der Waals surface area contributed by atoms with Gasteiger partial charge in [-0.05, 0) is 86.5 Å². The maximum absolute atomic E-state index is 12.7. The second-order valence-electron chi connectivity index (χ2n) is 6.86. The van der Waals surface area contributed by atoms with Crippen LogP contribution in [-0.2, 0) is 10.0 Å². The first kappa shape index (κ1) is 21.4. The molecule has 0 saturated carbocycles. The third-order valence-electron chi connectivity index (χ3n) is 4.49. The van der Waals surface area contributed by atoms with Crippen LogP contribution in [0.4, 0.5) is 11.4 Å². The molecule has 0 radical (unpaired) electrons. The number of rotatable bonds is 7. The summed E-state index contributed by atoms with van der Waals surface area (Å²) in [5.41, 5.74) is 3.32. The maximum atomic E-state index is 12.7. The molecule has 0 unspecified atom stereocenters. The Bertz CT molecular complexity index is 1140. The summed E-state index contributed by atoms with van der Waals surface area (Å²) >= 11 is 0. The highest BCUT2D eigenvalue weighted by atomic mass is 32.2. The van der Waals surface area contributed by atoms with Gasteiger partial charge >= 0.3 is 0 Å². The second kappa shape index (κ2) is 9.00. The van der Waals surface area contributed by atoms with Crippen LogP contribution in [0.2, 0.25) is 0 Å². The number of hydrogen-bond acceptors (Lipinski definition) is 4. The van der Waals surface area contributed by atoms with E-state index in [-0.39, 0.29) is 10.8 Å². The topological polar surface area (TPSA) is 84.5 Å². The molecule has 0 saturated heterocycles. The van der Waals surface area contributed by atoms with Crippen molar-refractivity contribution < 1.29 is 17.9 Å². The van der Waals surface area contributed by atoms with Gasteiger partial charge in [-0.2, -0.15) is 0 Å². The van der Waals surface area contributed by atoms with Gasteiger partial charge in [0.1, 0.15) is 5.75 Å². The van der Waals surface area contributed by atoms with Crippen LogP contribution in [0.25, 0.3) is 0 Å². The number of aryl methyl sites for hydroxylation is 2. The number of anilines is 2. The zero-order valence-corrected chi connectivity index (χ0v) is 17.9. The van der Waals surface area contributed by atoms with E-state index in [0.717, 1.165) is 11.1 Å². The number of ether oxygens (including phenoxy) is 1. The van der Waals surface area contributed by atoms with E-state index in [1.54, 1.807) is 42.5 Å². The normalized spacial score (nSPS) is 11.0. The Balaban J connectivity index is 1.70. The fraction of sp³-hybridized carbons (Fsp3) is 0.174. The summed E-state index contributed by atoms with van der Waals surface area (Å²) in [6, 6.07) is 18.4. The predicted octanol–water partition coefficient (Wildman–Crippen LogP) is 4.76. The lowest BCUT2D eigenvalue weighted by molar-refractivity contribution is 0.102. The van der Waals surface area contributed by atoms with Crippen LogP contribution in [0.5, 0.6) is 5.75 Å². The molecule has 0 aliphatic heterocycles. The van der Waals surface area contributed by atoms with Gasteiger partial charge in [0.05, 0.1) is 17.2 Å². The Morgan fingerprint density at radius 1 is 0.933 bits per heavy atom. The molecule has 2 N–H and O–H groups in total. The van der Waals surface area contributed by atoms with Gasteiger partial charge in [-0.25, -0.2) is 8.42 Å². The van der Waals surface area contributed by atoms with E-state index in [1.807, 2.05) is 32.9 Å². The molecule has 7 heteroatoms. The van der Waals surface area contributed by atoms with Crippen molar-refractivity contribution in [3.8, 4) is 5.75 Å². The lowest BCUT2D eigenvalue weighted by Crippen LogP contribution is -2.15. The Hall–Kier alpha value is -3.32. The van der Waals surface area contributed by atoms with E-state index in [0.29, 0.717) is 29.3 Å². The summed E-state index contributed by atoms with van der Waals surface area (Å²) in [5, 5.41) is 2.76. The summed E-state index contributed by atoms with van der Waals surface area (Å²) in [5.74, 6) is 0.405. The quantitative estimate of drug-likeness (QED) is 0.573. The molecule has 0 spiro atoms. The third kappa shape index (κ3) is 5.18. The first-order valence-electron chi connectivity index (χ1n) is 9.53. The number of sulfonamides is 1. The first-order valence-corrected chi connectivity index (χ1v) is 11.0. The highest BCUT2D eigenvalue weighted by molar-refractivity contribution is 7.92. The molecule has 6 nitrogen and oxygen atoms in total. The highest BCUT2D eigenvalue weighted by Gasteiger charge is 2.16. The fourth-order valence-electron chi connectivity index (χ4n) is 2.84. The summed E-state index contributed by atoms with van der Waals surface area (Å²) < 4.78 is 33.4. The summed E-state index contributed by atoms with van der Waals surface area (Å²) in [6.07, 6.45) is 0. The molecule has 30 heavy (non-hydrogen) atoms. The minimum absolute atomic E-state index is 0.113. The average Bonchev–Trinajstić information content (AvgIpc) is 2.72. The third-order valence-corrected chi connectivity index (χ3v) is 5.87. The number of carbonyl (C=O) groups is 1. The van der Waals surface area contributed by atoms with Crippen LogP contribution in [0.1, 0.15) is 28.4 Å². The number of hydrogen-bond donors (Lipinski definition) is 2. The molecule has 0 aromatic heterocycles. The summed E-state index contributed by atoms with van der Waals surface area (Å²) in [7, 11) is -3.74. The molecule has 0 aliphatic rings. The number of carbonyl (C=O) groups excluding carboxylic acids is 1. The summed E-state index contributed by atoms with van der Waals surface area (Å²) in [4.78, 5) is 12.5. The molecule has 156 valence electrons. The molecule has 0 aliphatic carbocycles. The molecular formula is C23H24N2O4S. The van der Waals surface area contributed by atoms with Gasteiger partial charge in [0.25, 0.3) is 15.9 Å². The van der Waals surface area contributed by atoms with Gasteiger partial charge < -0.3 is 10.1 Å². The molecule has 0 atom stereocenters.